The molecule has 1 heterocycles. The Hall–Kier alpha value is -3.12. The van der Waals surface area contributed by atoms with Gasteiger partial charge in [-0.25, -0.2) is 9.18 Å². The number of rotatable bonds is 4. The van der Waals surface area contributed by atoms with Crippen molar-refractivity contribution < 1.29 is 13.9 Å². The second-order valence-corrected chi connectivity index (χ2v) is 8.25. The molecule has 5 nitrogen and oxygen atoms in total. The van der Waals surface area contributed by atoms with Crippen LogP contribution < -0.4 is 10.2 Å². The minimum atomic E-state index is -0.351. The van der Waals surface area contributed by atoms with Crippen LogP contribution in [0.4, 0.5) is 20.6 Å². The Bertz CT molecular complexity index is 1070. The molecule has 0 aromatic heterocycles. The van der Waals surface area contributed by atoms with E-state index in [0.29, 0.717) is 31.0 Å². The number of nitrogens with zero attached hydrogens (tertiary/aromatic N) is 2. The summed E-state index contributed by atoms with van der Waals surface area (Å²) in [5.41, 5.74) is 2.03. The Labute approximate surface area is 182 Å². The van der Waals surface area contributed by atoms with Crippen LogP contribution in [0.15, 0.2) is 60.7 Å². The lowest BCUT2D eigenvalue weighted by Gasteiger charge is -2.37. The number of hydrogen-bond donors (Lipinski definition) is 1. The number of carbonyl (C=O) groups excluding carboxylic acids is 1. The number of amides is 2. The first kappa shape index (κ1) is 21.1. The van der Waals surface area contributed by atoms with E-state index in [9.17, 15) is 9.18 Å². The molecule has 0 aliphatic carbocycles. The molecule has 1 aliphatic rings. The number of ether oxygens (including phenoxy) is 1. The average Bonchev–Trinajstić information content (AvgIpc) is 2.73. The molecule has 162 valence electrons. The summed E-state index contributed by atoms with van der Waals surface area (Å²) in [6.07, 6.45) is 0.0930. The van der Waals surface area contributed by atoms with Crippen LogP contribution in [-0.2, 0) is 11.3 Å². The van der Waals surface area contributed by atoms with E-state index >= 15 is 0 Å². The van der Waals surface area contributed by atoms with E-state index in [-0.39, 0.29) is 24.1 Å². The highest BCUT2D eigenvalue weighted by Crippen LogP contribution is 2.26. The van der Waals surface area contributed by atoms with Crippen molar-refractivity contribution in [1.29, 1.82) is 0 Å². The van der Waals surface area contributed by atoms with Gasteiger partial charge in [0.1, 0.15) is 5.82 Å². The molecule has 4 rings (SSSR count). The Kier molecular flexibility index (Phi) is 6.09. The number of hydrogen-bond acceptors (Lipinski definition) is 3. The normalized spacial score (nSPS) is 18.8. The third-order valence-electron chi connectivity index (χ3n) is 5.59. The highest BCUT2D eigenvalue weighted by atomic mass is 19.1. The molecule has 2 amide bonds. The summed E-state index contributed by atoms with van der Waals surface area (Å²) in [6, 6.07) is 18.7. The van der Waals surface area contributed by atoms with Gasteiger partial charge in [-0.3, -0.25) is 0 Å². The largest absolute Gasteiger partial charge is 0.372 e. The number of fused-ring (bicyclic) bond motifs is 1. The van der Waals surface area contributed by atoms with Gasteiger partial charge >= 0.3 is 6.03 Å². The molecule has 0 bridgehead atoms. The topological polar surface area (TPSA) is 44.8 Å². The van der Waals surface area contributed by atoms with Crippen molar-refractivity contribution in [2.24, 2.45) is 0 Å². The molecule has 0 saturated carbocycles. The van der Waals surface area contributed by atoms with Crippen molar-refractivity contribution in [3.8, 4) is 0 Å². The molecule has 2 unspecified atom stereocenters. The monoisotopic (exact) mass is 421 g/mol. The van der Waals surface area contributed by atoms with E-state index < -0.39 is 0 Å². The smallest absolute Gasteiger partial charge is 0.321 e. The van der Waals surface area contributed by atoms with E-state index in [1.165, 1.54) is 6.07 Å². The molecule has 1 aliphatic heterocycles. The first-order valence-electron chi connectivity index (χ1n) is 10.6. The van der Waals surface area contributed by atoms with Gasteiger partial charge in [-0.05, 0) is 48.4 Å². The Morgan fingerprint density at radius 2 is 1.81 bits per heavy atom. The standard InChI is InChI=1S/C25H28FN3O2/c1-17-14-29(15-18(2)31-17)24-12-11-21(13-23(24)26)27-25(30)28(3)16-20-9-6-8-19-7-4-5-10-22(19)20/h4-13,17-18H,14-16H2,1-3H3,(H,27,30). The minimum Gasteiger partial charge on any atom is -0.372 e. The molecule has 1 fully saturated rings. The SMILES string of the molecule is CC1CN(c2ccc(NC(=O)N(C)Cc3cccc4ccccc34)cc2F)CC(C)O1. The van der Waals surface area contributed by atoms with E-state index in [1.807, 2.05) is 43.0 Å². The number of morpholine rings is 1. The summed E-state index contributed by atoms with van der Waals surface area (Å²) in [5, 5.41) is 5.06. The van der Waals surface area contributed by atoms with Crippen LogP contribution in [0.25, 0.3) is 10.8 Å². The van der Waals surface area contributed by atoms with Crippen LogP contribution in [-0.4, -0.2) is 43.3 Å². The molecular formula is C25H28FN3O2. The second-order valence-electron chi connectivity index (χ2n) is 8.25. The van der Waals surface area contributed by atoms with Crippen molar-refractivity contribution in [1.82, 2.24) is 4.90 Å². The zero-order valence-corrected chi connectivity index (χ0v) is 18.1. The predicted octanol–water partition coefficient (Wildman–Crippen LogP) is 5.26. The van der Waals surface area contributed by atoms with Crippen molar-refractivity contribution in [3.05, 3.63) is 72.0 Å². The molecule has 3 aromatic carbocycles. The van der Waals surface area contributed by atoms with Gasteiger partial charge in [0.15, 0.2) is 0 Å². The van der Waals surface area contributed by atoms with Crippen LogP contribution in [0, 0.1) is 5.82 Å². The maximum atomic E-state index is 14.8. The molecule has 3 aromatic rings. The Morgan fingerprint density at radius 1 is 1.10 bits per heavy atom. The first-order valence-corrected chi connectivity index (χ1v) is 10.6. The van der Waals surface area contributed by atoms with Crippen LogP contribution >= 0.6 is 0 Å². The van der Waals surface area contributed by atoms with E-state index in [1.54, 1.807) is 24.1 Å². The molecular weight excluding hydrogens is 393 g/mol. The highest BCUT2D eigenvalue weighted by molar-refractivity contribution is 5.90. The average molecular weight is 422 g/mol. The molecule has 0 spiro atoms. The zero-order valence-electron chi connectivity index (χ0n) is 18.1. The summed E-state index contributed by atoms with van der Waals surface area (Å²) in [5.74, 6) is -0.351. The van der Waals surface area contributed by atoms with Gasteiger partial charge in [-0.2, -0.15) is 0 Å². The number of nitrogens with one attached hydrogen (secondary N) is 1. The Morgan fingerprint density at radius 3 is 2.55 bits per heavy atom. The Balaban J connectivity index is 1.44. The lowest BCUT2D eigenvalue weighted by Crippen LogP contribution is -2.45. The predicted molar refractivity (Wildman–Crippen MR) is 123 cm³/mol. The van der Waals surface area contributed by atoms with E-state index in [0.717, 1.165) is 16.3 Å². The van der Waals surface area contributed by atoms with Gasteiger partial charge < -0.3 is 19.9 Å². The molecule has 31 heavy (non-hydrogen) atoms. The zero-order chi connectivity index (χ0) is 22.0. The third-order valence-corrected chi connectivity index (χ3v) is 5.59. The quantitative estimate of drug-likeness (QED) is 0.625. The van der Waals surface area contributed by atoms with Gasteiger partial charge in [-0.1, -0.05) is 42.5 Å². The fourth-order valence-electron chi connectivity index (χ4n) is 4.19. The van der Waals surface area contributed by atoms with Crippen molar-refractivity contribution >= 4 is 28.2 Å². The van der Waals surface area contributed by atoms with Gasteiger partial charge in [0.05, 0.1) is 17.9 Å². The van der Waals surface area contributed by atoms with E-state index in [2.05, 4.69) is 23.5 Å². The van der Waals surface area contributed by atoms with Crippen molar-refractivity contribution in [2.75, 3.05) is 30.4 Å². The summed E-state index contributed by atoms with van der Waals surface area (Å²) >= 11 is 0. The summed E-state index contributed by atoms with van der Waals surface area (Å²) in [4.78, 5) is 16.3. The molecule has 1 N–H and O–H groups in total. The molecule has 6 heteroatoms. The van der Waals surface area contributed by atoms with Crippen LogP contribution in [0.5, 0.6) is 0 Å². The lowest BCUT2D eigenvalue weighted by atomic mass is 10.0. The van der Waals surface area contributed by atoms with Crippen LogP contribution in [0.2, 0.25) is 0 Å². The molecule has 0 radical (unpaired) electrons. The number of benzene rings is 3. The van der Waals surface area contributed by atoms with Crippen LogP contribution in [0.1, 0.15) is 19.4 Å². The van der Waals surface area contributed by atoms with Crippen molar-refractivity contribution in [3.63, 3.8) is 0 Å². The number of halogens is 1. The van der Waals surface area contributed by atoms with E-state index in [4.69, 9.17) is 4.74 Å². The van der Waals surface area contributed by atoms with Gasteiger partial charge in [0.2, 0.25) is 0 Å². The summed E-state index contributed by atoms with van der Waals surface area (Å²) in [6.45, 7) is 5.71. The second kappa shape index (κ2) is 8.94. The first-order chi connectivity index (χ1) is 14.9. The summed E-state index contributed by atoms with van der Waals surface area (Å²) < 4.78 is 20.5. The number of anilines is 2. The minimum absolute atomic E-state index is 0.0465. The van der Waals surface area contributed by atoms with Gasteiger partial charge in [0.25, 0.3) is 0 Å². The maximum absolute atomic E-state index is 14.8. The fraction of sp³-hybridized carbons (Fsp3) is 0.320. The molecule has 2 atom stereocenters. The maximum Gasteiger partial charge on any atom is 0.321 e. The van der Waals surface area contributed by atoms with Gasteiger partial charge in [-0.15, -0.1) is 0 Å². The highest BCUT2D eigenvalue weighted by Gasteiger charge is 2.24. The van der Waals surface area contributed by atoms with Gasteiger partial charge in [0, 0.05) is 32.4 Å². The fourth-order valence-corrected chi connectivity index (χ4v) is 4.19. The molecule has 1 saturated heterocycles. The number of urea groups is 1. The van der Waals surface area contributed by atoms with Crippen LogP contribution in [0.3, 0.4) is 0 Å². The number of carbonyl (C=O) groups is 1. The third kappa shape index (κ3) is 4.80. The summed E-state index contributed by atoms with van der Waals surface area (Å²) in [7, 11) is 1.73. The van der Waals surface area contributed by atoms with Crippen molar-refractivity contribution in [2.45, 2.75) is 32.6 Å². The lowest BCUT2D eigenvalue weighted by molar-refractivity contribution is -0.00539.